The number of carbonyl (C=O) groups is 1. The standard InChI is InChI=1S/C22H24F2N4O2S/c1-4-28-20(17-7-5-6-15(2)12-17)25-26-22(28)31-14-19(29)27(3)13-16-8-10-18(11-9-16)30-21(23)24/h5-12,21H,4,13-14H2,1-3H3. The first-order valence-corrected chi connectivity index (χ1v) is 10.8. The van der Waals surface area contributed by atoms with E-state index in [9.17, 15) is 13.6 Å². The highest BCUT2D eigenvalue weighted by molar-refractivity contribution is 7.99. The molecular formula is C22H24F2N4O2S. The minimum atomic E-state index is -2.86. The molecule has 0 aliphatic rings. The molecule has 0 radical (unpaired) electrons. The monoisotopic (exact) mass is 446 g/mol. The van der Waals surface area contributed by atoms with Crippen molar-refractivity contribution in [2.24, 2.45) is 0 Å². The van der Waals surface area contributed by atoms with Crippen molar-refractivity contribution in [3.8, 4) is 17.1 Å². The summed E-state index contributed by atoms with van der Waals surface area (Å²) in [6.45, 7) is 2.24. The van der Waals surface area contributed by atoms with Gasteiger partial charge in [-0.25, -0.2) is 0 Å². The Bertz CT molecular complexity index is 1020. The summed E-state index contributed by atoms with van der Waals surface area (Å²) in [5.74, 6) is 1.02. The molecular weight excluding hydrogens is 422 g/mol. The number of halogens is 2. The Kier molecular flexibility index (Phi) is 7.62. The summed E-state index contributed by atoms with van der Waals surface area (Å²) >= 11 is 1.34. The smallest absolute Gasteiger partial charge is 0.387 e. The van der Waals surface area contributed by atoms with E-state index in [1.807, 2.05) is 36.6 Å². The molecule has 164 valence electrons. The van der Waals surface area contributed by atoms with Gasteiger partial charge in [-0.1, -0.05) is 47.7 Å². The normalized spacial score (nSPS) is 11.0. The predicted molar refractivity (Wildman–Crippen MR) is 116 cm³/mol. The minimum absolute atomic E-state index is 0.0688. The van der Waals surface area contributed by atoms with Crippen molar-refractivity contribution < 1.29 is 18.3 Å². The first-order chi connectivity index (χ1) is 14.9. The van der Waals surface area contributed by atoms with Crippen molar-refractivity contribution in [3.05, 3.63) is 59.7 Å². The summed E-state index contributed by atoms with van der Waals surface area (Å²) in [7, 11) is 1.70. The Morgan fingerprint density at radius 1 is 1.19 bits per heavy atom. The highest BCUT2D eigenvalue weighted by Gasteiger charge is 2.16. The van der Waals surface area contributed by atoms with Crippen molar-refractivity contribution in [1.82, 2.24) is 19.7 Å². The lowest BCUT2D eigenvalue weighted by molar-refractivity contribution is -0.127. The van der Waals surface area contributed by atoms with Gasteiger partial charge < -0.3 is 14.2 Å². The van der Waals surface area contributed by atoms with Crippen LogP contribution in [0.15, 0.2) is 53.7 Å². The zero-order valence-corrected chi connectivity index (χ0v) is 18.4. The van der Waals surface area contributed by atoms with Crippen LogP contribution in [-0.2, 0) is 17.9 Å². The van der Waals surface area contributed by atoms with Crippen molar-refractivity contribution >= 4 is 17.7 Å². The van der Waals surface area contributed by atoms with Crippen LogP contribution in [0.25, 0.3) is 11.4 Å². The third-order valence-electron chi connectivity index (χ3n) is 4.63. The largest absolute Gasteiger partial charge is 0.435 e. The predicted octanol–water partition coefficient (Wildman–Crippen LogP) is 4.63. The SMILES string of the molecule is CCn1c(SCC(=O)N(C)Cc2ccc(OC(F)F)cc2)nnc1-c1cccc(C)c1. The lowest BCUT2D eigenvalue weighted by atomic mass is 10.1. The van der Waals surface area contributed by atoms with Crippen molar-refractivity contribution in [2.45, 2.75) is 38.7 Å². The average molecular weight is 447 g/mol. The Morgan fingerprint density at radius 2 is 1.94 bits per heavy atom. The van der Waals surface area contributed by atoms with Crippen molar-refractivity contribution in [2.75, 3.05) is 12.8 Å². The van der Waals surface area contributed by atoms with Gasteiger partial charge in [0.15, 0.2) is 11.0 Å². The molecule has 0 fully saturated rings. The van der Waals surface area contributed by atoms with Crippen LogP contribution in [0.5, 0.6) is 5.75 Å². The highest BCUT2D eigenvalue weighted by Crippen LogP contribution is 2.25. The first-order valence-electron chi connectivity index (χ1n) is 9.78. The van der Waals surface area contributed by atoms with Gasteiger partial charge in [-0.3, -0.25) is 4.79 Å². The molecule has 0 spiro atoms. The van der Waals surface area contributed by atoms with Gasteiger partial charge in [0, 0.05) is 25.7 Å². The van der Waals surface area contributed by atoms with Crippen molar-refractivity contribution in [1.29, 1.82) is 0 Å². The molecule has 1 aromatic heterocycles. The average Bonchev–Trinajstić information content (AvgIpc) is 3.16. The summed E-state index contributed by atoms with van der Waals surface area (Å²) < 4.78 is 30.8. The fraction of sp³-hybridized carbons (Fsp3) is 0.318. The number of benzene rings is 2. The summed E-state index contributed by atoms with van der Waals surface area (Å²) in [6, 6.07) is 14.3. The second-order valence-electron chi connectivity index (χ2n) is 6.98. The van der Waals surface area contributed by atoms with Gasteiger partial charge in [-0.15, -0.1) is 10.2 Å². The third-order valence-corrected chi connectivity index (χ3v) is 5.58. The molecule has 0 bridgehead atoms. The molecule has 0 N–H and O–H groups in total. The third kappa shape index (κ3) is 6.04. The van der Waals surface area contributed by atoms with Gasteiger partial charge in [0.25, 0.3) is 0 Å². The molecule has 31 heavy (non-hydrogen) atoms. The van der Waals surface area contributed by atoms with Crippen LogP contribution in [0.2, 0.25) is 0 Å². The van der Waals surface area contributed by atoms with Gasteiger partial charge in [0.2, 0.25) is 5.91 Å². The van der Waals surface area contributed by atoms with E-state index in [0.717, 1.165) is 22.5 Å². The number of thioether (sulfide) groups is 1. The van der Waals surface area contributed by atoms with Crippen molar-refractivity contribution in [3.63, 3.8) is 0 Å². The van der Waals surface area contributed by atoms with Crippen LogP contribution in [0.4, 0.5) is 8.78 Å². The van der Waals surface area contributed by atoms with Crippen LogP contribution >= 0.6 is 11.8 Å². The van der Waals surface area contributed by atoms with E-state index in [2.05, 4.69) is 21.0 Å². The van der Waals surface area contributed by atoms with Crippen LogP contribution in [-0.4, -0.2) is 45.0 Å². The Morgan fingerprint density at radius 3 is 2.58 bits per heavy atom. The molecule has 2 aromatic carbocycles. The molecule has 3 aromatic rings. The quantitative estimate of drug-likeness (QED) is 0.449. The number of aryl methyl sites for hydroxylation is 1. The number of rotatable bonds is 9. The molecule has 1 heterocycles. The topological polar surface area (TPSA) is 60.2 Å². The number of aromatic nitrogens is 3. The lowest BCUT2D eigenvalue weighted by Crippen LogP contribution is -2.27. The van der Waals surface area contributed by atoms with Crippen LogP contribution in [0, 0.1) is 6.92 Å². The summed E-state index contributed by atoms with van der Waals surface area (Å²) in [6.07, 6.45) is 0. The molecule has 3 rings (SSSR count). The second kappa shape index (κ2) is 10.4. The Balaban J connectivity index is 1.60. The van der Waals surface area contributed by atoms with Crippen LogP contribution in [0.3, 0.4) is 0 Å². The maximum absolute atomic E-state index is 12.6. The van der Waals surface area contributed by atoms with E-state index in [1.165, 1.54) is 23.9 Å². The molecule has 0 unspecified atom stereocenters. The van der Waals surface area contributed by atoms with Gasteiger partial charge in [0.05, 0.1) is 5.75 Å². The Labute approximate surface area is 184 Å². The molecule has 0 saturated carbocycles. The fourth-order valence-corrected chi connectivity index (χ4v) is 4.00. The summed E-state index contributed by atoms with van der Waals surface area (Å²) in [5.41, 5.74) is 2.95. The van der Waals surface area contributed by atoms with E-state index >= 15 is 0 Å². The van der Waals surface area contributed by atoms with E-state index in [0.29, 0.717) is 18.2 Å². The van der Waals surface area contributed by atoms with E-state index < -0.39 is 6.61 Å². The number of alkyl halides is 2. The van der Waals surface area contributed by atoms with Gasteiger partial charge >= 0.3 is 6.61 Å². The zero-order chi connectivity index (χ0) is 22.4. The number of amides is 1. The minimum Gasteiger partial charge on any atom is -0.435 e. The molecule has 1 amide bonds. The second-order valence-corrected chi connectivity index (χ2v) is 7.92. The molecule has 6 nitrogen and oxygen atoms in total. The van der Waals surface area contributed by atoms with Gasteiger partial charge in [0.1, 0.15) is 5.75 Å². The van der Waals surface area contributed by atoms with Gasteiger partial charge in [-0.05, 0) is 37.6 Å². The Hall–Kier alpha value is -2.94. The number of hydrogen-bond acceptors (Lipinski definition) is 5. The molecule has 0 atom stereocenters. The van der Waals surface area contributed by atoms with E-state index in [1.54, 1.807) is 24.1 Å². The summed E-state index contributed by atoms with van der Waals surface area (Å²) in [5, 5.41) is 9.28. The number of ether oxygens (including phenoxy) is 1. The molecule has 0 aliphatic carbocycles. The summed E-state index contributed by atoms with van der Waals surface area (Å²) in [4.78, 5) is 14.2. The first kappa shape index (κ1) is 22.7. The fourth-order valence-electron chi connectivity index (χ4n) is 3.05. The molecule has 9 heteroatoms. The van der Waals surface area contributed by atoms with E-state index in [-0.39, 0.29) is 17.4 Å². The maximum atomic E-state index is 12.6. The molecule has 0 saturated heterocycles. The molecule has 0 aliphatic heterocycles. The van der Waals surface area contributed by atoms with Crippen LogP contribution < -0.4 is 4.74 Å². The highest BCUT2D eigenvalue weighted by atomic mass is 32.2. The number of nitrogens with zero attached hydrogens (tertiary/aromatic N) is 4. The van der Waals surface area contributed by atoms with Crippen LogP contribution in [0.1, 0.15) is 18.1 Å². The van der Waals surface area contributed by atoms with E-state index in [4.69, 9.17) is 0 Å². The lowest BCUT2D eigenvalue weighted by Gasteiger charge is -2.17. The number of hydrogen-bond donors (Lipinski definition) is 0. The maximum Gasteiger partial charge on any atom is 0.387 e. The zero-order valence-electron chi connectivity index (χ0n) is 17.6. The number of carbonyl (C=O) groups excluding carboxylic acids is 1. The van der Waals surface area contributed by atoms with Gasteiger partial charge in [-0.2, -0.15) is 8.78 Å².